The molecule has 4 rings (SSSR count). The topological polar surface area (TPSA) is 106 Å². The summed E-state index contributed by atoms with van der Waals surface area (Å²) in [6.45, 7) is 6.67. The maximum Gasteiger partial charge on any atom is 0.342 e. The van der Waals surface area contributed by atoms with E-state index in [1.165, 1.54) is 6.26 Å². The molecule has 1 atom stereocenters. The summed E-state index contributed by atoms with van der Waals surface area (Å²) in [5.74, 6) is -0.560. The number of esters is 1. The van der Waals surface area contributed by atoms with Gasteiger partial charge in [0.05, 0.1) is 18.6 Å². The van der Waals surface area contributed by atoms with E-state index in [0.29, 0.717) is 37.6 Å². The molecule has 1 saturated heterocycles. The first-order valence-electron chi connectivity index (χ1n) is 12.2. The van der Waals surface area contributed by atoms with E-state index >= 15 is 0 Å². The molecular weight excluding hydrogens is 460 g/mol. The van der Waals surface area contributed by atoms with E-state index in [2.05, 4.69) is 9.97 Å². The first kappa shape index (κ1) is 25.1. The Labute approximate surface area is 210 Å². The predicted octanol–water partition coefficient (Wildman–Crippen LogP) is 3.85. The van der Waals surface area contributed by atoms with Crippen LogP contribution in [0.3, 0.4) is 0 Å². The molecule has 9 heteroatoms. The smallest absolute Gasteiger partial charge is 0.342 e. The standard InChI is InChI=1S/C27H30N4O5/c1-4-10-20-22(27(34)35-5-2)23(29-24(28-20)19-11-7-6-8-12-19)26(33)30-14-15-31(18(3)17-30)25(32)21-13-9-16-36-21/h6-9,11-13,16,18H,4-5,10,14-15,17H2,1-3H3. The summed E-state index contributed by atoms with van der Waals surface area (Å²) in [6.07, 6.45) is 2.69. The summed E-state index contributed by atoms with van der Waals surface area (Å²) in [7, 11) is 0. The summed E-state index contributed by atoms with van der Waals surface area (Å²) < 4.78 is 10.6. The summed E-state index contributed by atoms with van der Waals surface area (Å²) in [4.78, 5) is 52.2. The van der Waals surface area contributed by atoms with E-state index in [1.807, 2.05) is 44.2 Å². The molecule has 0 spiro atoms. The summed E-state index contributed by atoms with van der Waals surface area (Å²) in [6, 6.07) is 12.4. The molecule has 0 N–H and O–H groups in total. The maximum atomic E-state index is 13.8. The van der Waals surface area contributed by atoms with E-state index in [4.69, 9.17) is 9.15 Å². The first-order chi connectivity index (χ1) is 17.4. The van der Waals surface area contributed by atoms with Crippen molar-refractivity contribution >= 4 is 17.8 Å². The van der Waals surface area contributed by atoms with Crippen LogP contribution in [-0.4, -0.2) is 69.8 Å². The highest BCUT2D eigenvalue weighted by Crippen LogP contribution is 2.24. The SMILES string of the molecule is CCCc1nc(-c2ccccc2)nc(C(=O)N2CCN(C(=O)c3ccco3)C(C)C2)c1C(=O)OCC. The number of hydrogen-bond acceptors (Lipinski definition) is 7. The molecule has 0 bridgehead atoms. The van der Waals surface area contributed by atoms with Crippen molar-refractivity contribution in [3.05, 3.63) is 71.4 Å². The van der Waals surface area contributed by atoms with Gasteiger partial charge < -0.3 is 19.0 Å². The van der Waals surface area contributed by atoms with Crippen molar-refractivity contribution in [3.8, 4) is 11.4 Å². The number of benzene rings is 1. The normalized spacial score (nSPS) is 15.6. The fourth-order valence-corrected chi connectivity index (χ4v) is 4.35. The van der Waals surface area contributed by atoms with Crippen molar-refractivity contribution in [1.82, 2.24) is 19.8 Å². The molecule has 1 unspecified atom stereocenters. The number of aromatic nitrogens is 2. The van der Waals surface area contributed by atoms with Gasteiger partial charge >= 0.3 is 5.97 Å². The molecule has 188 valence electrons. The van der Waals surface area contributed by atoms with Gasteiger partial charge in [-0.05, 0) is 32.4 Å². The number of carbonyl (C=O) groups is 3. The summed E-state index contributed by atoms with van der Waals surface area (Å²) in [5, 5.41) is 0. The summed E-state index contributed by atoms with van der Waals surface area (Å²) >= 11 is 0. The third kappa shape index (κ3) is 5.15. The molecule has 1 fully saturated rings. The lowest BCUT2D eigenvalue weighted by atomic mass is 10.0. The van der Waals surface area contributed by atoms with E-state index in [1.54, 1.807) is 28.9 Å². The van der Waals surface area contributed by atoms with Gasteiger partial charge in [0.15, 0.2) is 11.6 Å². The molecular formula is C27H30N4O5. The predicted molar refractivity (Wildman–Crippen MR) is 133 cm³/mol. The van der Waals surface area contributed by atoms with E-state index < -0.39 is 5.97 Å². The molecule has 0 saturated carbocycles. The lowest BCUT2D eigenvalue weighted by molar-refractivity contribution is 0.0388. The fourth-order valence-electron chi connectivity index (χ4n) is 4.35. The molecule has 1 aliphatic rings. The van der Waals surface area contributed by atoms with Crippen molar-refractivity contribution in [3.63, 3.8) is 0 Å². The Kier molecular flexibility index (Phi) is 7.77. The second kappa shape index (κ2) is 11.2. The third-order valence-corrected chi connectivity index (χ3v) is 6.09. The van der Waals surface area contributed by atoms with Crippen LogP contribution in [0.1, 0.15) is 64.3 Å². The Morgan fingerprint density at radius 3 is 2.44 bits per heavy atom. The molecule has 36 heavy (non-hydrogen) atoms. The lowest BCUT2D eigenvalue weighted by Crippen LogP contribution is -2.55. The van der Waals surface area contributed by atoms with Crippen LogP contribution in [0.4, 0.5) is 0 Å². The number of amides is 2. The quantitative estimate of drug-likeness (QED) is 0.463. The van der Waals surface area contributed by atoms with Crippen molar-refractivity contribution in [2.75, 3.05) is 26.2 Å². The number of aryl methyl sites for hydroxylation is 1. The van der Waals surface area contributed by atoms with Gasteiger partial charge in [-0.2, -0.15) is 0 Å². The van der Waals surface area contributed by atoms with Crippen LogP contribution in [0.2, 0.25) is 0 Å². The minimum Gasteiger partial charge on any atom is -0.462 e. The minimum atomic E-state index is -0.608. The highest BCUT2D eigenvalue weighted by Gasteiger charge is 2.35. The van der Waals surface area contributed by atoms with Gasteiger partial charge in [0.1, 0.15) is 11.3 Å². The molecule has 1 aromatic carbocycles. The van der Waals surface area contributed by atoms with Crippen LogP contribution < -0.4 is 0 Å². The Morgan fingerprint density at radius 2 is 1.81 bits per heavy atom. The largest absolute Gasteiger partial charge is 0.462 e. The Bertz CT molecular complexity index is 1230. The average molecular weight is 491 g/mol. The lowest BCUT2D eigenvalue weighted by Gasteiger charge is -2.39. The van der Waals surface area contributed by atoms with Crippen LogP contribution >= 0.6 is 0 Å². The molecule has 0 radical (unpaired) electrons. The fraction of sp³-hybridized carbons (Fsp3) is 0.370. The highest BCUT2D eigenvalue weighted by molar-refractivity contribution is 6.05. The second-order valence-electron chi connectivity index (χ2n) is 8.63. The number of furan rings is 1. The van der Waals surface area contributed by atoms with Crippen LogP contribution in [0.15, 0.2) is 53.1 Å². The zero-order valence-corrected chi connectivity index (χ0v) is 20.8. The van der Waals surface area contributed by atoms with Crippen LogP contribution in [0.25, 0.3) is 11.4 Å². The minimum absolute atomic E-state index is 0.0313. The van der Waals surface area contributed by atoms with Crippen molar-refractivity contribution in [1.29, 1.82) is 0 Å². The van der Waals surface area contributed by atoms with E-state index in [-0.39, 0.29) is 41.5 Å². The van der Waals surface area contributed by atoms with Crippen molar-refractivity contribution < 1.29 is 23.5 Å². The average Bonchev–Trinajstić information content (AvgIpc) is 3.43. The second-order valence-corrected chi connectivity index (χ2v) is 8.63. The van der Waals surface area contributed by atoms with Gasteiger partial charge in [0.25, 0.3) is 11.8 Å². The number of nitrogens with zero attached hydrogens (tertiary/aromatic N) is 4. The molecule has 2 amide bonds. The molecule has 1 aliphatic heterocycles. The molecule has 3 aromatic rings. The van der Waals surface area contributed by atoms with Crippen LogP contribution in [-0.2, 0) is 11.2 Å². The van der Waals surface area contributed by atoms with Gasteiger partial charge in [-0.3, -0.25) is 9.59 Å². The number of carbonyl (C=O) groups excluding carboxylic acids is 3. The molecule has 2 aromatic heterocycles. The van der Waals surface area contributed by atoms with Gasteiger partial charge in [0, 0.05) is 31.2 Å². The monoisotopic (exact) mass is 490 g/mol. The van der Waals surface area contributed by atoms with Crippen molar-refractivity contribution in [2.45, 2.75) is 39.7 Å². The van der Waals surface area contributed by atoms with Crippen LogP contribution in [0, 0.1) is 0 Å². The van der Waals surface area contributed by atoms with Gasteiger partial charge in [-0.1, -0.05) is 43.7 Å². The number of ether oxygens (including phenoxy) is 1. The first-order valence-corrected chi connectivity index (χ1v) is 12.2. The summed E-state index contributed by atoms with van der Waals surface area (Å²) in [5.41, 5.74) is 1.39. The Morgan fingerprint density at radius 1 is 1.03 bits per heavy atom. The number of piperazine rings is 1. The van der Waals surface area contributed by atoms with Gasteiger partial charge in [-0.15, -0.1) is 0 Å². The molecule has 3 heterocycles. The van der Waals surface area contributed by atoms with E-state index in [9.17, 15) is 14.4 Å². The van der Waals surface area contributed by atoms with Crippen LogP contribution in [0.5, 0.6) is 0 Å². The zero-order valence-electron chi connectivity index (χ0n) is 20.8. The van der Waals surface area contributed by atoms with Crippen molar-refractivity contribution in [2.24, 2.45) is 0 Å². The van der Waals surface area contributed by atoms with E-state index in [0.717, 1.165) is 12.0 Å². The van der Waals surface area contributed by atoms with Gasteiger partial charge in [-0.25, -0.2) is 14.8 Å². The Hall–Kier alpha value is -4.01. The highest BCUT2D eigenvalue weighted by atomic mass is 16.5. The van der Waals surface area contributed by atoms with Gasteiger partial charge in [0.2, 0.25) is 0 Å². The zero-order chi connectivity index (χ0) is 25.7. The number of hydrogen-bond donors (Lipinski definition) is 0. The molecule has 0 aliphatic carbocycles. The third-order valence-electron chi connectivity index (χ3n) is 6.09. The maximum absolute atomic E-state index is 13.8. The molecule has 9 nitrogen and oxygen atoms in total. The number of rotatable bonds is 7. The Balaban J connectivity index is 1.69.